The molecule has 0 bridgehead atoms. The first-order chi connectivity index (χ1) is 15.2. The Morgan fingerprint density at radius 3 is 1.84 bits per heavy atom. The van der Waals surface area contributed by atoms with Gasteiger partial charge in [0, 0.05) is 25.4 Å². The highest BCUT2D eigenvalue weighted by molar-refractivity contribution is 5.76. The Kier molecular flexibility index (Phi) is 9.49. The molecule has 2 N–H and O–H groups in total. The molecular formula is C28H50N2O2. The zero-order valence-corrected chi connectivity index (χ0v) is 21.3. The van der Waals surface area contributed by atoms with Gasteiger partial charge < -0.3 is 10.6 Å². The fourth-order valence-electron chi connectivity index (χ4n) is 7.19. The van der Waals surface area contributed by atoms with Crippen LogP contribution in [-0.2, 0) is 9.59 Å². The molecule has 0 aromatic heterocycles. The lowest BCUT2D eigenvalue weighted by molar-refractivity contribution is -0.124. The van der Waals surface area contributed by atoms with E-state index in [1.165, 1.54) is 64.2 Å². The largest absolute Gasteiger partial charge is 0.356 e. The second-order valence-corrected chi connectivity index (χ2v) is 12.7. The number of amides is 2. The van der Waals surface area contributed by atoms with Crippen molar-refractivity contribution in [3.8, 4) is 0 Å². The molecule has 0 heterocycles. The molecule has 3 saturated carbocycles. The van der Waals surface area contributed by atoms with Crippen LogP contribution >= 0.6 is 0 Å². The summed E-state index contributed by atoms with van der Waals surface area (Å²) < 4.78 is 0. The lowest BCUT2D eigenvalue weighted by atomic mass is 9.62. The first kappa shape index (κ1) is 25.6. The van der Waals surface area contributed by atoms with E-state index < -0.39 is 0 Å². The molecule has 3 aliphatic carbocycles. The first-order valence-corrected chi connectivity index (χ1v) is 13.8. The molecule has 2 atom stereocenters. The van der Waals surface area contributed by atoms with Gasteiger partial charge in [0.15, 0.2) is 0 Å². The van der Waals surface area contributed by atoms with E-state index in [4.69, 9.17) is 0 Å². The average molecular weight is 447 g/mol. The molecule has 0 aliphatic heterocycles. The summed E-state index contributed by atoms with van der Waals surface area (Å²) >= 11 is 0. The summed E-state index contributed by atoms with van der Waals surface area (Å²) in [5.41, 5.74) is 0.227. The number of hydrogen-bond donors (Lipinski definition) is 2. The van der Waals surface area contributed by atoms with Crippen LogP contribution in [0.4, 0.5) is 0 Å². The molecule has 4 nitrogen and oxygen atoms in total. The van der Waals surface area contributed by atoms with Gasteiger partial charge in [-0.25, -0.2) is 0 Å². The molecular weight excluding hydrogens is 396 g/mol. The Balaban J connectivity index is 1.42. The van der Waals surface area contributed by atoms with Gasteiger partial charge in [0.25, 0.3) is 0 Å². The minimum Gasteiger partial charge on any atom is -0.356 e. The molecule has 3 fully saturated rings. The van der Waals surface area contributed by atoms with E-state index in [1.807, 2.05) is 0 Å². The maximum atomic E-state index is 12.7. The Morgan fingerprint density at radius 2 is 1.28 bits per heavy atom. The highest BCUT2D eigenvalue weighted by Gasteiger charge is 2.41. The molecule has 0 aromatic carbocycles. The average Bonchev–Trinajstić information content (AvgIpc) is 2.75. The zero-order valence-electron chi connectivity index (χ0n) is 21.3. The van der Waals surface area contributed by atoms with Crippen LogP contribution in [0, 0.1) is 22.7 Å². The fourth-order valence-corrected chi connectivity index (χ4v) is 7.19. The highest BCUT2D eigenvalue weighted by Crippen LogP contribution is 2.46. The number of carbonyl (C=O) groups is 2. The van der Waals surface area contributed by atoms with Crippen LogP contribution in [0.3, 0.4) is 0 Å². The van der Waals surface area contributed by atoms with Crippen molar-refractivity contribution in [3.63, 3.8) is 0 Å². The van der Waals surface area contributed by atoms with Crippen LogP contribution in [0.5, 0.6) is 0 Å². The standard InChI is InChI=1S/C28H50N2O2/c1-27(2)18-24(30-26(32)17-15-23-12-8-5-9-13-23)19-28(3,20-27)21-29-25(31)16-14-22-10-6-4-7-11-22/h22-24H,4-21H2,1-3H3,(H,29,31)(H,30,32)/t24-,28+/m0/s1. The van der Waals surface area contributed by atoms with Gasteiger partial charge in [-0.1, -0.05) is 85.0 Å². The van der Waals surface area contributed by atoms with Crippen LogP contribution in [0.1, 0.15) is 130 Å². The van der Waals surface area contributed by atoms with Crippen molar-refractivity contribution < 1.29 is 9.59 Å². The van der Waals surface area contributed by atoms with Gasteiger partial charge in [-0.05, 0) is 54.8 Å². The molecule has 184 valence electrons. The highest BCUT2D eigenvalue weighted by atomic mass is 16.2. The van der Waals surface area contributed by atoms with Crippen molar-refractivity contribution >= 4 is 11.8 Å². The van der Waals surface area contributed by atoms with E-state index >= 15 is 0 Å². The lowest BCUT2D eigenvalue weighted by Crippen LogP contribution is -2.50. The number of rotatable bonds is 9. The molecule has 2 amide bonds. The predicted molar refractivity (Wildman–Crippen MR) is 132 cm³/mol. The maximum Gasteiger partial charge on any atom is 0.220 e. The minimum absolute atomic E-state index is 0.0452. The van der Waals surface area contributed by atoms with E-state index in [9.17, 15) is 9.59 Å². The quantitative estimate of drug-likeness (QED) is 0.423. The Labute approximate surface area is 197 Å². The number of hydrogen-bond acceptors (Lipinski definition) is 2. The van der Waals surface area contributed by atoms with Gasteiger partial charge in [0.2, 0.25) is 11.8 Å². The molecule has 0 spiro atoms. The first-order valence-electron chi connectivity index (χ1n) is 13.8. The number of carbonyl (C=O) groups excluding carboxylic acids is 2. The Bertz CT molecular complexity index is 605. The smallest absolute Gasteiger partial charge is 0.220 e. The molecule has 3 rings (SSSR count). The van der Waals surface area contributed by atoms with Crippen molar-refractivity contribution in [2.45, 2.75) is 136 Å². The van der Waals surface area contributed by atoms with E-state index in [-0.39, 0.29) is 28.7 Å². The second-order valence-electron chi connectivity index (χ2n) is 12.7. The summed E-state index contributed by atoms with van der Waals surface area (Å²) in [5, 5.41) is 6.63. The molecule has 0 radical (unpaired) electrons. The minimum atomic E-state index is 0.0452. The summed E-state index contributed by atoms with van der Waals surface area (Å²) in [7, 11) is 0. The van der Waals surface area contributed by atoms with Crippen LogP contribution in [0.2, 0.25) is 0 Å². The normalized spacial score (nSPS) is 29.4. The summed E-state index contributed by atoms with van der Waals surface area (Å²) in [6.07, 6.45) is 19.9. The van der Waals surface area contributed by atoms with E-state index in [0.717, 1.165) is 50.5 Å². The zero-order chi connectivity index (χ0) is 23.0. The lowest BCUT2D eigenvalue weighted by Gasteiger charge is -2.47. The fraction of sp³-hybridized carbons (Fsp3) is 0.929. The van der Waals surface area contributed by atoms with Crippen molar-refractivity contribution in [1.82, 2.24) is 10.6 Å². The van der Waals surface area contributed by atoms with Gasteiger partial charge in [0.05, 0.1) is 0 Å². The molecule has 32 heavy (non-hydrogen) atoms. The Hall–Kier alpha value is -1.06. The molecule has 0 saturated heterocycles. The Morgan fingerprint density at radius 1 is 0.750 bits per heavy atom. The summed E-state index contributed by atoms with van der Waals surface area (Å²) in [5.74, 6) is 1.96. The SMILES string of the molecule is CC1(C)C[C@H](NC(=O)CCC2CCCCC2)C[C@@](C)(CNC(=O)CCC2CCCCC2)C1. The number of nitrogens with one attached hydrogen (secondary N) is 2. The van der Waals surface area contributed by atoms with E-state index in [1.54, 1.807) is 0 Å². The third-order valence-corrected chi connectivity index (χ3v) is 8.53. The van der Waals surface area contributed by atoms with Crippen molar-refractivity contribution in [3.05, 3.63) is 0 Å². The predicted octanol–water partition coefficient (Wildman–Crippen LogP) is 6.52. The topological polar surface area (TPSA) is 58.2 Å². The monoisotopic (exact) mass is 446 g/mol. The van der Waals surface area contributed by atoms with Gasteiger partial charge >= 0.3 is 0 Å². The van der Waals surface area contributed by atoms with Gasteiger partial charge in [0.1, 0.15) is 0 Å². The summed E-state index contributed by atoms with van der Waals surface area (Å²) in [4.78, 5) is 25.2. The molecule has 3 aliphatic rings. The van der Waals surface area contributed by atoms with Crippen molar-refractivity contribution in [2.75, 3.05) is 6.54 Å². The van der Waals surface area contributed by atoms with Crippen LogP contribution in [-0.4, -0.2) is 24.4 Å². The summed E-state index contributed by atoms with van der Waals surface area (Å²) in [6, 6.07) is 0.224. The molecule has 0 aromatic rings. The molecule has 4 heteroatoms. The van der Waals surface area contributed by atoms with Crippen LogP contribution in [0.15, 0.2) is 0 Å². The van der Waals surface area contributed by atoms with E-state index in [2.05, 4.69) is 31.4 Å². The van der Waals surface area contributed by atoms with Crippen LogP contribution < -0.4 is 10.6 Å². The van der Waals surface area contributed by atoms with E-state index in [0.29, 0.717) is 12.8 Å². The molecule has 0 unspecified atom stereocenters. The van der Waals surface area contributed by atoms with Gasteiger partial charge in [-0.2, -0.15) is 0 Å². The van der Waals surface area contributed by atoms with Crippen molar-refractivity contribution in [1.29, 1.82) is 0 Å². The summed E-state index contributed by atoms with van der Waals surface area (Å²) in [6.45, 7) is 7.66. The van der Waals surface area contributed by atoms with Gasteiger partial charge in [-0.3, -0.25) is 9.59 Å². The third-order valence-electron chi connectivity index (χ3n) is 8.53. The second kappa shape index (κ2) is 11.9. The van der Waals surface area contributed by atoms with Crippen LogP contribution in [0.25, 0.3) is 0 Å². The van der Waals surface area contributed by atoms with Gasteiger partial charge in [-0.15, -0.1) is 0 Å². The maximum absolute atomic E-state index is 12.7. The van der Waals surface area contributed by atoms with Crippen molar-refractivity contribution in [2.24, 2.45) is 22.7 Å². The third kappa shape index (κ3) is 8.71.